The average Bonchev–Trinajstić information content (AvgIpc) is 2.37. The fourth-order valence-corrected chi connectivity index (χ4v) is 1.63. The predicted octanol–water partition coefficient (Wildman–Crippen LogP) is 2.46. The summed E-state index contributed by atoms with van der Waals surface area (Å²) in [5.74, 6) is -0.149. The number of hydrogen-bond acceptors (Lipinski definition) is 3. The van der Waals surface area contributed by atoms with Gasteiger partial charge in [-0.2, -0.15) is 0 Å². The number of nitrogens with zero attached hydrogens (tertiary/aromatic N) is 1. The smallest absolute Gasteiger partial charge is 0.320 e. The second-order valence-corrected chi connectivity index (χ2v) is 4.02. The molecule has 0 aliphatic heterocycles. The van der Waals surface area contributed by atoms with Gasteiger partial charge in [-0.15, -0.1) is 0 Å². The van der Waals surface area contributed by atoms with E-state index in [4.69, 9.17) is 4.74 Å². The lowest BCUT2D eigenvalue weighted by atomic mass is 10.2. The summed E-state index contributed by atoms with van der Waals surface area (Å²) < 4.78 is 5.23. The Hall–Kier alpha value is -1.35. The van der Waals surface area contributed by atoms with Crippen LogP contribution in [0.3, 0.4) is 0 Å². The van der Waals surface area contributed by atoms with Crippen LogP contribution in [0.4, 0.5) is 0 Å². The molecule has 0 aromatic heterocycles. The highest BCUT2D eigenvalue weighted by atomic mass is 16.5. The largest absolute Gasteiger partial charge is 0.460 e. The van der Waals surface area contributed by atoms with Crippen molar-refractivity contribution in [2.45, 2.75) is 26.9 Å². The number of likely N-dealkylation sites (N-methyl/N-ethyl adjacent to an activating group) is 1. The van der Waals surface area contributed by atoms with Crippen LogP contribution >= 0.6 is 0 Å². The lowest BCUT2D eigenvalue weighted by molar-refractivity contribution is -0.146. The molecule has 3 heteroatoms. The standard InChI is InChI=1S/C14H21NO2/c1-3-10-15(4-2)11-14(16)17-12-13-8-6-5-7-9-13/h5-9H,3-4,10-12H2,1-2H3. The van der Waals surface area contributed by atoms with E-state index >= 15 is 0 Å². The number of rotatable bonds is 7. The third-order valence-corrected chi connectivity index (χ3v) is 2.58. The quantitative estimate of drug-likeness (QED) is 0.680. The normalized spacial score (nSPS) is 10.5. The Kier molecular flexibility index (Phi) is 6.33. The molecule has 17 heavy (non-hydrogen) atoms. The molecule has 3 nitrogen and oxygen atoms in total. The van der Waals surface area contributed by atoms with E-state index in [1.165, 1.54) is 0 Å². The number of esters is 1. The van der Waals surface area contributed by atoms with Crippen molar-refractivity contribution in [1.82, 2.24) is 4.90 Å². The molecule has 1 rings (SSSR count). The van der Waals surface area contributed by atoms with Crippen LogP contribution in [0.5, 0.6) is 0 Å². The van der Waals surface area contributed by atoms with Crippen LogP contribution in [0, 0.1) is 0 Å². The van der Waals surface area contributed by atoms with Crippen molar-refractivity contribution in [2.75, 3.05) is 19.6 Å². The van der Waals surface area contributed by atoms with Gasteiger partial charge in [-0.05, 0) is 25.1 Å². The summed E-state index contributed by atoms with van der Waals surface area (Å²) in [5.41, 5.74) is 1.03. The van der Waals surface area contributed by atoms with Gasteiger partial charge in [0.25, 0.3) is 0 Å². The first-order chi connectivity index (χ1) is 8.26. The van der Waals surface area contributed by atoms with Crippen molar-refractivity contribution in [3.8, 4) is 0 Å². The Morgan fingerprint density at radius 1 is 1.24 bits per heavy atom. The molecule has 94 valence electrons. The van der Waals surface area contributed by atoms with Gasteiger partial charge >= 0.3 is 5.97 Å². The lowest BCUT2D eigenvalue weighted by Gasteiger charge is -2.18. The summed E-state index contributed by atoms with van der Waals surface area (Å²) in [6.45, 7) is 6.74. The van der Waals surface area contributed by atoms with Gasteiger partial charge in [-0.25, -0.2) is 0 Å². The Morgan fingerprint density at radius 3 is 2.53 bits per heavy atom. The van der Waals surface area contributed by atoms with Crippen LogP contribution in [0.2, 0.25) is 0 Å². The van der Waals surface area contributed by atoms with E-state index in [9.17, 15) is 4.79 Å². The van der Waals surface area contributed by atoms with E-state index in [0.29, 0.717) is 13.2 Å². The zero-order chi connectivity index (χ0) is 12.5. The monoisotopic (exact) mass is 235 g/mol. The Bertz CT molecular complexity index is 324. The van der Waals surface area contributed by atoms with Gasteiger partial charge in [-0.3, -0.25) is 9.69 Å². The maximum Gasteiger partial charge on any atom is 0.320 e. The molecule has 1 aromatic carbocycles. The van der Waals surface area contributed by atoms with Crippen LogP contribution in [-0.2, 0) is 16.1 Å². The molecule has 1 aromatic rings. The van der Waals surface area contributed by atoms with Gasteiger partial charge in [0.2, 0.25) is 0 Å². The van der Waals surface area contributed by atoms with Crippen molar-refractivity contribution in [1.29, 1.82) is 0 Å². The average molecular weight is 235 g/mol. The SMILES string of the molecule is CCCN(CC)CC(=O)OCc1ccccc1. The van der Waals surface area contributed by atoms with E-state index in [1.807, 2.05) is 30.3 Å². The zero-order valence-corrected chi connectivity index (χ0v) is 10.7. The molecule has 0 bridgehead atoms. The Balaban J connectivity index is 2.30. The molecule has 0 unspecified atom stereocenters. The maximum absolute atomic E-state index is 11.6. The summed E-state index contributed by atoms with van der Waals surface area (Å²) in [4.78, 5) is 13.7. The highest BCUT2D eigenvalue weighted by Crippen LogP contribution is 2.01. The minimum atomic E-state index is -0.149. The minimum absolute atomic E-state index is 0.149. The molecule has 0 atom stereocenters. The predicted molar refractivity (Wildman–Crippen MR) is 68.6 cm³/mol. The molecule has 0 heterocycles. The highest BCUT2D eigenvalue weighted by Gasteiger charge is 2.09. The first kappa shape index (κ1) is 13.7. The summed E-state index contributed by atoms with van der Waals surface area (Å²) in [7, 11) is 0. The van der Waals surface area contributed by atoms with Crippen LogP contribution in [0.15, 0.2) is 30.3 Å². The molecular formula is C14H21NO2. The van der Waals surface area contributed by atoms with Crippen LogP contribution in [0.25, 0.3) is 0 Å². The van der Waals surface area contributed by atoms with Crippen LogP contribution in [0.1, 0.15) is 25.8 Å². The fraction of sp³-hybridized carbons (Fsp3) is 0.500. The van der Waals surface area contributed by atoms with Gasteiger partial charge < -0.3 is 4.74 Å². The first-order valence-corrected chi connectivity index (χ1v) is 6.18. The van der Waals surface area contributed by atoms with Gasteiger partial charge in [0.1, 0.15) is 6.61 Å². The van der Waals surface area contributed by atoms with Gasteiger partial charge in [0.05, 0.1) is 6.54 Å². The van der Waals surface area contributed by atoms with Crippen molar-refractivity contribution in [2.24, 2.45) is 0 Å². The summed E-state index contributed by atoms with van der Waals surface area (Å²) in [5, 5.41) is 0. The summed E-state index contributed by atoms with van der Waals surface area (Å²) >= 11 is 0. The summed E-state index contributed by atoms with van der Waals surface area (Å²) in [6, 6.07) is 9.75. The van der Waals surface area contributed by atoms with E-state index in [0.717, 1.165) is 25.1 Å². The zero-order valence-electron chi connectivity index (χ0n) is 10.7. The van der Waals surface area contributed by atoms with E-state index in [-0.39, 0.29) is 5.97 Å². The molecular weight excluding hydrogens is 214 g/mol. The van der Waals surface area contributed by atoms with E-state index in [2.05, 4.69) is 18.7 Å². The molecule has 0 aliphatic rings. The van der Waals surface area contributed by atoms with E-state index < -0.39 is 0 Å². The Labute approximate surface area is 103 Å². The molecule has 0 saturated carbocycles. The number of ether oxygens (including phenoxy) is 1. The van der Waals surface area contributed by atoms with Crippen molar-refractivity contribution < 1.29 is 9.53 Å². The molecule has 0 fully saturated rings. The van der Waals surface area contributed by atoms with Crippen molar-refractivity contribution in [3.05, 3.63) is 35.9 Å². The lowest BCUT2D eigenvalue weighted by Crippen LogP contribution is -2.31. The number of carbonyl (C=O) groups is 1. The summed E-state index contributed by atoms with van der Waals surface area (Å²) in [6.07, 6.45) is 1.06. The van der Waals surface area contributed by atoms with E-state index in [1.54, 1.807) is 0 Å². The molecule has 0 spiro atoms. The van der Waals surface area contributed by atoms with Crippen molar-refractivity contribution >= 4 is 5.97 Å². The molecule has 0 saturated heterocycles. The molecule has 0 radical (unpaired) electrons. The second kappa shape index (κ2) is 7.85. The van der Waals surface area contributed by atoms with Gasteiger partial charge in [0, 0.05) is 0 Å². The van der Waals surface area contributed by atoms with Crippen molar-refractivity contribution in [3.63, 3.8) is 0 Å². The van der Waals surface area contributed by atoms with Crippen LogP contribution < -0.4 is 0 Å². The molecule has 0 aliphatic carbocycles. The van der Waals surface area contributed by atoms with Crippen LogP contribution in [-0.4, -0.2) is 30.5 Å². The van der Waals surface area contributed by atoms with Gasteiger partial charge in [-0.1, -0.05) is 44.2 Å². The topological polar surface area (TPSA) is 29.5 Å². The molecule has 0 N–H and O–H groups in total. The highest BCUT2D eigenvalue weighted by molar-refractivity contribution is 5.71. The fourth-order valence-electron chi connectivity index (χ4n) is 1.63. The molecule has 0 amide bonds. The number of hydrogen-bond donors (Lipinski definition) is 0. The minimum Gasteiger partial charge on any atom is -0.460 e. The second-order valence-electron chi connectivity index (χ2n) is 4.02. The Morgan fingerprint density at radius 2 is 1.94 bits per heavy atom. The number of carbonyl (C=O) groups excluding carboxylic acids is 1. The third-order valence-electron chi connectivity index (χ3n) is 2.58. The van der Waals surface area contributed by atoms with Gasteiger partial charge in [0.15, 0.2) is 0 Å². The maximum atomic E-state index is 11.6. The first-order valence-electron chi connectivity index (χ1n) is 6.18. The number of benzene rings is 1. The third kappa shape index (κ3) is 5.50.